The summed E-state index contributed by atoms with van der Waals surface area (Å²) < 4.78 is 5.31. The molecular weight excluding hydrogens is 258 g/mol. The molecule has 0 atom stereocenters. The number of benzene rings is 1. The van der Waals surface area contributed by atoms with Crippen LogP contribution >= 0.6 is 11.8 Å². The van der Waals surface area contributed by atoms with Crippen LogP contribution in [0.5, 0.6) is 0 Å². The first-order valence-corrected chi connectivity index (χ1v) is 7.49. The number of aromatic nitrogens is 2. The average molecular weight is 277 g/mol. The molecule has 0 bridgehead atoms. The molecule has 1 heterocycles. The van der Waals surface area contributed by atoms with Crippen molar-refractivity contribution in [2.75, 3.05) is 11.5 Å². The van der Waals surface area contributed by atoms with E-state index < -0.39 is 0 Å². The topological polar surface area (TPSA) is 64.9 Å². The molecule has 2 rings (SSSR count). The maximum absolute atomic E-state index is 5.88. The molecule has 0 spiro atoms. The van der Waals surface area contributed by atoms with Crippen LogP contribution in [0.25, 0.3) is 11.5 Å². The number of nitrogens with two attached hydrogens (primary N) is 1. The zero-order valence-electron chi connectivity index (χ0n) is 11.5. The Labute approximate surface area is 117 Å². The first-order valence-electron chi connectivity index (χ1n) is 6.33. The van der Waals surface area contributed by atoms with Crippen LogP contribution in [0.3, 0.4) is 0 Å². The summed E-state index contributed by atoms with van der Waals surface area (Å²) in [5.74, 6) is 3.84. The summed E-state index contributed by atoms with van der Waals surface area (Å²) in [5, 5.41) is 4.01. The highest BCUT2D eigenvalue weighted by atomic mass is 32.2. The Hall–Kier alpha value is -1.49. The van der Waals surface area contributed by atoms with Gasteiger partial charge >= 0.3 is 0 Å². The number of nitrogen functional groups attached to an aromatic ring is 1. The Balaban J connectivity index is 2.10. The molecule has 102 valence electrons. The van der Waals surface area contributed by atoms with Crippen molar-refractivity contribution in [2.45, 2.75) is 26.5 Å². The minimum absolute atomic E-state index is 0.546. The van der Waals surface area contributed by atoms with Crippen LogP contribution in [0.2, 0.25) is 0 Å². The van der Waals surface area contributed by atoms with Crippen molar-refractivity contribution in [3.8, 4) is 11.5 Å². The summed E-state index contributed by atoms with van der Waals surface area (Å²) in [6.45, 7) is 6.36. The fourth-order valence-electron chi connectivity index (χ4n) is 1.69. The fraction of sp³-hybridized carbons (Fsp3) is 0.429. The third kappa shape index (κ3) is 3.50. The van der Waals surface area contributed by atoms with Gasteiger partial charge in [0.1, 0.15) is 0 Å². The lowest BCUT2D eigenvalue weighted by molar-refractivity contribution is 0.425. The molecule has 5 heteroatoms. The Kier molecular flexibility index (Phi) is 4.47. The number of nitrogens with zero attached hydrogens (tertiary/aromatic N) is 2. The summed E-state index contributed by atoms with van der Waals surface area (Å²) >= 11 is 1.82. The fourth-order valence-corrected chi connectivity index (χ4v) is 2.58. The lowest BCUT2D eigenvalue weighted by Crippen LogP contribution is -1.93. The summed E-state index contributed by atoms with van der Waals surface area (Å²) in [6, 6.07) is 5.72. The molecule has 0 unspecified atom stereocenters. The van der Waals surface area contributed by atoms with Crippen molar-refractivity contribution in [3.05, 3.63) is 29.6 Å². The second kappa shape index (κ2) is 6.10. The number of rotatable bonds is 5. The molecule has 2 aromatic rings. The smallest absolute Gasteiger partial charge is 0.258 e. The van der Waals surface area contributed by atoms with Crippen LogP contribution in [0.1, 0.15) is 25.2 Å². The van der Waals surface area contributed by atoms with Gasteiger partial charge in [0, 0.05) is 11.3 Å². The monoisotopic (exact) mass is 277 g/mol. The van der Waals surface area contributed by atoms with E-state index in [0.717, 1.165) is 34.1 Å². The Morgan fingerprint density at radius 2 is 2.16 bits per heavy atom. The summed E-state index contributed by atoms with van der Waals surface area (Å²) in [4.78, 5) is 4.43. The SMILES string of the molecule is Cc1c(N)cccc1-c1nc(CSCC(C)C)no1. The maximum atomic E-state index is 5.88. The lowest BCUT2D eigenvalue weighted by atomic mass is 10.1. The Morgan fingerprint density at radius 3 is 2.89 bits per heavy atom. The molecule has 0 aliphatic rings. The number of hydrogen-bond acceptors (Lipinski definition) is 5. The van der Waals surface area contributed by atoms with Gasteiger partial charge in [0.25, 0.3) is 5.89 Å². The molecule has 0 saturated carbocycles. The molecule has 0 amide bonds. The largest absolute Gasteiger partial charge is 0.398 e. The molecule has 0 radical (unpaired) electrons. The molecule has 0 aliphatic carbocycles. The van der Waals surface area contributed by atoms with Crippen molar-refractivity contribution in [1.29, 1.82) is 0 Å². The van der Waals surface area contributed by atoms with Crippen LogP contribution in [0, 0.1) is 12.8 Å². The Bertz CT molecular complexity index is 551. The summed E-state index contributed by atoms with van der Waals surface area (Å²) in [6.07, 6.45) is 0. The molecule has 0 aliphatic heterocycles. The van der Waals surface area contributed by atoms with Crippen LogP contribution < -0.4 is 5.73 Å². The van der Waals surface area contributed by atoms with Gasteiger partial charge in [-0.05, 0) is 36.3 Å². The molecule has 0 saturated heterocycles. The van der Waals surface area contributed by atoms with Gasteiger partial charge < -0.3 is 10.3 Å². The van der Waals surface area contributed by atoms with Crippen molar-refractivity contribution in [2.24, 2.45) is 5.92 Å². The highest BCUT2D eigenvalue weighted by Gasteiger charge is 2.12. The molecule has 0 fully saturated rings. The maximum Gasteiger partial charge on any atom is 0.258 e. The third-order valence-corrected chi connectivity index (χ3v) is 4.12. The highest BCUT2D eigenvalue weighted by Crippen LogP contribution is 2.26. The van der Waals surface area contributed by atoms with E-state index in [2.05, 4.69) is 24.0 Å². The molecule has 2 N–H and O–H groups in total. The van der Waals surface area contributed by atoms with Gasteiger partial charge in [0.15, 0.2) is 5.82 Å². The number of anilines is 1. The minimum atomic E-state index is 0.546. The van der Waals surface area contributed by atoms with E-state index in [-0.39, 0.29) is 0 Å². The van der Waals surface area contributed by atoms with Crippen molar-refractivity contribution < 1.29 is 4.52 Å². The van der Waals surface area contributed by atoms with E-state index in [1.54, 1.807) is 0 Å². The third-order valence-electron chi connectivity index (χ3n) is 2.76. The van der Waals surface area contributed by atoms with Crippen molar-refractivity contribution >= 4 is 17.4 Å². The second-order valence-electron chi connectivity index (χ2n) is 4.94. The van der Waals surface area contributed by atoms with Gasteiger partial charge in [-0.3, -0.25) is 0 Å². The second-order valence-corrected chi connectivity index (χ2v) is 5.97. The quantitative estimate of drug-likeness (QED) is 0.847. The van der Waals surface area contributed by atoms with Crippen LogP contribution in [0.15, 0.2) is 22.7 Å². The van der Waals surface area contributed by atoms with E-state index in [4.69, 9.17) is 10.3 Å². The molecule has 4 nitrogen and oxygen atoms in total. The first-order chi connectivity index (χ1) is 9.08. The van der Waals surface area contributed by atoms with Gasteiger partial charge in [-0.2, -0.15) is 16.7 Å². The molecular formula is C14H19N3OS. The summed E-state index contributed by atoms with van der Waals surface area (Å²) in [5.41, 5.74) is 8.52. The first kappa shape index (κ1) is 13.9. The highest BCUT2D eigenvalue weighted by molar-refractivity contribution is 7.98. The van der Waals surface area contributed by atoms with Gasteiger partial charge in [-0.15, -0.1) is 0 Å². The minimum Gasteiger partial charge on any atom is -0.398 e. The van der Waals surface area contributed by atoms with Crippen molar-refractivity contribution in [3.63, 3.8) is 0 Å². The predicted molar refractivity (Wildman–Crippen MR) is 79.9 cm³/mol. The zero-order valence-corrected chi connectivity index (χ0v) is 12.3. The van der Waals surface area contributed by atoms with Gasteiger partial charge in [0.05, 0.1) is 5.75 Å². The van der Waals surface area contributed by atoms with E-state index >= 15 is 0 Å². The predicted octanol–water partition coefficient (Wildman–Crippen LogP) is 3.52. The van der Waals surface area contributed by atoms with Gasteiger partial charge in [-0.1, -0.05) is 25.1 Å². The number of thioether (sulfide) groups is 1. The average Bonchev–Trinajstić information content (AvgIpc) is 2.81. The molecule has 1 aromatic carbocycles. The number of hydrogen-bond donors (Lipinski definition) is 1. The van der Waals surface area contributed by atoms with Crippen LogP contribution in [-0.2, 0) is 5.75 Å². The lowest BCUT2D eigenvalue weighted by Gasteiger charge is -2.03. The van der Waals surface area contributed by atoms with E-state index in [9.17, 15) is 0 Å². The standard InChI is InChI=1S/C14H19N3OS/c1-9(2)7-19-8-13-16-14(18-17-13)11-5-4-6-12(15)10(11)3/h4-6,9H,7-8,15H2,1-3H3. The Morgan fingerprint density at radius 1 is 1.37 bits per heavy atom. The normalized spacial score (nSPS) is 11.2. The molecule has 1 aromatic heterocycles. The van der Waals surface area contributed by atoms with Gasteiger partial charge in [-0.25, -0.2) is 0 Å². The van der Waals surface area contributed by atoms with Crippen molar-refractivity contribution in [1.82, 2.24) is 10.1 Å². The molecule has 19 heavy (non-hydrogen) atoms. The van der Waals surface area contributed by atoms with Crippen LogP contribution in [0.4, 0.5) is 5.69 Å². The van der Waals surface area contributed by atoms with E-state index in [1.807, 2.05) is 36.9 Å². The van der Waals surface area contributed by atoms with Gasteiger partial charge in [0.2, 0.25) is 0 Å². The van der Waals surface area contributed by atoms with E-state index in [1.165, 1.54) is 0 Å². The van der Waals surface area contributed by atoms with Crippen LogP contribution in [-0.4, -0.2) is 15.9 Å². The van der Waals surface area contributed by atoms with E-state index in [0.29, 0.717) is 11.8 Å². The summed E-state index contributed by atoms with van der Waals surface area (Å²) in [7, 11) is 0. The zero-order chi connectivity index (χ0) is 13.8.